The topological polar surface area (TPSA) is 86.6 Å². The Morgan fingerprint density at radius 3 is 2.55 bits per heavy atom. The minimum absolute atomic E-state index is 0.0684. The molecule has 0 amide bonds. The van der Waals surface area contributed by atoms with Gasteiger partial charge in [-0.15, -0.1) is 0 Å². The van der Waals surface area contributed by atoms with Gasteiger partial charge in [-0.3, -0.25) is 0 Å². The maximum atomic E-state index is 12.2. The molecule has 0 aliphatic heterocycles. The Bertz CT molecular complexity index is 541. The second kappa shape index (κ2) is 6.71. The Labute approximate surface area is 120 Å². The van der Waals surface area contributed by atoms with E-state index in [4.69, 9.17) is 10.0 Å². The van der Waals surface area contributed by atoms with E-state index in [9.17, 15) is 8.42 Å². The van der Waals surface area contributed by atoms with Crippen molar-refractivity contribution in [2.75, 3.05) is 6.54 Å². The van der Waals surface area contributed by atoms with Gasteiger partial charge in [0.25, 0.3) is 0 Å². The molecule has 7 heteroatoms. The van der Waals surface area contributed by atoms with Gasteiger partial charge in [0.1, 0.15) is 0 Å². The lowest BCUT2D eigenvalue weighted by molar-refractivity contribution is 0.357. The molecule has 0 saturated heterocycles. The number of hydrogen-bond donors (Lipinski definition) is 3. The third-order valence-electron chi connectivity index (χ3n) is 3.75. The van der Waals surface area contributed by atoms with E-state index in [0.717, 1.165) is 12.8 Å². The van der Waals surface area contributed by atoms with Crippen LogP contribution in [-0.4, -0.2) is 32.1 Å². The van der Waals surface area contributed by atoms with Crippen LogP contribution in [0.2, 0.25) is 0 Å². The highest BCUT2D eigenvalue weighted by atomic mass is 32.2. The number of nitrogens with one attached hydrogen (secondary N) is 1. The Hall–Kier alpha value is -0.885. The van der Waals surface area contributed by atoms with Crippen LogP contribution in [0.5, 0.6) is 0 Å². The summed E-state index contributed by atoms with van der Waals surface area (Å²) in [5.41, 5.74) is 0.172. The molecule has 2 rings (SSSR count). The quantitative estimate of drug-likeness (QED) is 0.679. The lowest BCUT2D eigenvalue weighted by atomic mass is 9.80. The first-order valence-electron chi connectivity index (χ1n) is 6.95. The molecule has 0 unspecified atom stereocenters. The molecule has 1 aromatic carbocycles. The van der Waals surface area contributed by atoms with Gasteiger partial charge in [0, 0.05) is 6.54 Å². The van der Waals surface area contributed by atoms with Crippen LogP contribution in [-0.2, 0) is 10.0 Å². The van der Waals surface area contributed by atoms with Crippen molar-refractivity contribution >= 4 is 22.6 Å². The van der Waals surface area contributed by atoms with E-state index in [1.807, 2.05) is 0 Å². The van der Waals surface area contributed by atoms with Gasteiger partial charge in [-0.2, -0.15) is 0 Å². The van der Waals surface area contributed by atoms with Crippen molar-refractivity contribution in [1.29, 1.82) is 0 Å². The maximum Gasteiger partial charge on any atom is 0.488 e. The summed E-state index contributed by atoms with van der Waals surface area (Å²) in [5.74, 6) is 0.408. The van der Waals surface area contributed by atoms with Crippen LogP contribution in [0.3, 0.4) is 0 Å². The summed E-state index contributed by atoms with van der Waals surface area (Å²) in [6.07, 6.45) is 5.70. The molecule has 3 N–H and O–H groups in total. The summed E-state index contributed by atoms with van der Waals surface area (Å²) >= 11 is 0. The van der Waals surface area contributed by atoms with E-state index in [1.165, 1.54) is 43.5 Å². The number of hydrogen-bond acceptors (Lipinski definition) is 4. The second-order valence-electron chi connectivity index (χ2n) is 5.30. The van der Waals surface area contributed by atoms with Crippen molar-refractivity contribution in [2.45, 2.75) is 37.0 Å². The van der Waals surface area contributed by atoms with E-state index in [2.05, 4.69) is 4.72 Å². The summed E-state index contributed by atoms with van der Waals surface area (Å²) in [5, 5.41) is 18.2. The molecule has 0 radical (unpaired) electrons. The first-order valence-corrected chi connectivity index (χ1v) is 8.43. The zero-order chi connectivity index (χ0) is 14.6. The van der Waals surface area contributed by atoms with Gasteiger partial charge in [0.15, 0.2) is 0 Å². The summed E-state index contributed by atoms with van der Waals surface area (Å²) in [6.45, 7) is 0.453. The zero-order valence-electron chi connectivity index (χ0n) is 11.3. The minimum Gasteiger partial charge on any atom is -0.423 e. The van der Waals surface area contributed by atoms with E-state index in [-0.39, 0.29) is 10.4 Å². The standard InChI is InChI=1S/C13H20BNO4S/c16-14(17)12-7-4-8-13(9-12)20(18,19)15-10-11-5-2-1-3-6-11/h4,7-9,11,15-17H,1-3,5-6,10H2. The van der Waals surface area contributed by atoms with Gasteiger partial charge < -0.3 is 10.0 Å². The molecule has 1 aliphatic carbocycles. The highest BCUT2D eigenvalue weighted by molar-refractivity contribution is 7.89. The summed E-state index contributed by atoms with van der Waals surface area (Å²) in [7, 11) is -5.25. The summed E-state index contributed by atoms with van der Waals surface area (Å²) < 4.78 is 27.0. The molecule has 20 heavy (non-hydrogen) atoms. The molecule has 0 heterocycles. The van der Waals surface area contributed by atoms with Crippen molar-refractivity contribution in [3.63, 3.8) is 0 Å². The van der Waals surface area contributed by atoms with Crippen molar-refractivity contribution in [3.05, 3.63) is 24.3 Å². The zero-order valence-corrected chi connectivity index (χ0v) is 12.1. The van der Waals surface area contributed by atoms with Gasteiger partial charge in [0.05, 0.1) is 4.90 Å². The van der Waals surface area contributed by atoms with E-state index in [0.29, 0.717) is 12.5 Å². The van der Waals surface area contributed by atoms with E-state index in [1.54, 1.807) is 0 Å². The number of rotatable bonds is 5. The minimum atomic E-state index is -3.59. The maximum absolute atomic E-state index is 12.2. The van der Waals surface area contributed by atoms with Crippen LogP contribution >= 0.6 is 0 Å². The van der Waals surface area contributed by atoms with Gasteiger partial charge in [-0.05, 0) is 36.4 Å². The van der Waals surface area contributed by atoms with Crippen LogP contribution in [0.1, 0.15) is 32.1 Å². The highest BCUT2D eigenvalue weighted by Crippen LogP contribution is 2.23. The number of sulfonamides is 1. The third kappa shape index (κ3) is 4.05. The summed E-state index contributed by atoms with van der Waals surface area (Å²) in [6, 6.07) is 5.72. The van der Waals surface area contributed by atoms with Crippen LogP contribution < -0.4 is 10.2 Å². The third-order valence-corrected chi connectivity index (χ3v) is 5.17. The fourth-order valence-corrected chi connectivity index (χ4v) is 3.72. The second-order valence-corrected chi connectivity index (χ2v) is 7.07. The lowest BCUT2D eigenvalue weighted by Gasteiger charge is -2.21. The molecule has 1 fully saturated rings. The molecule has 110 valence electrons. The first-order chi connectivity index (χ1) is 9.49. The molecule has 0 spiro atoms. The smallest absolute Gasteiger partial charge is 0.423 e. The molecule has 1 saturated carbocycles. The monoisotopic (exact) mass is 297 g/mol. The molecule has 1 aromatic rings. The predicted molar refractivity (Wildman–Crippen MR) is 78.0 cm³/mol. The Morgan fingerprint density at radius 1 is 1.20 bits per heavy atom. The SMILES string of the molecule is O=S(=O)(NCC1CCCCC1)c1cccc(B(O)O)c1. The summed E-state index contributed by atoms with van der Waals surface area (Å²) in [4.78, 5) is 0.0684. The average Bonchev–Trinajstić information content (AvgIpc) is 2.46. The fraction of sp³-hybridized carbons (Fsp3) is 0.538. The average molecular weight is 297 g/mol. The Morgan fingerprint density at radius 2 is 1.90 bits per heavy atom. The van der Waals surface area contributed by atoms with Gasteiger partial charge in [-0.25, -0.2) is 13.1 Å². The molecular formula is C13H20BNO4S. The van der Waals surface area contributed by atoms with E-state index < -0.39 is 17.1 Å². The van der Waals surface area contributed by atoms with Gasteiger partial charge in [-0.1, -0.05) is 31.4 Å². The van der Waals surface area contributed by atoms with Crippen LogP contribution in [0.4, 0.5) is 0 Å². The molecule has 0 aromatic heterocycles. The van der Waals surface area contributed by atoms with Crippen LogP contribution in [0.15, 0.2) is 29.2 Å². The van der Waals surface area contributed by atoms with E-state index >= 15 is 0 Å². The fourth-order valence-electron chi connectivity index (χ4n) is 2.54. The normalized spacial score (nSPS) is 17.1. The molecular weight excluding hydrogens is 277 g/mol. The Balaban J connectivity index is 2.03. The van der Waals surface area contributed by atoms with Crippen LogP contribution in [0, 0.1) is 5.92 Å². The van der Waals surface area contributed by atoms with Gasteiger partial charge >= 0.3 is 7.12 Å². The highest BCUT2D eigenvalue weighted by Gasteiger charge is 2.20. The molecule has 1 aliphatic rings. The van der Waals surface area contributed by atoms with Crippen molar-refractivity contribution < 1.29 is 18.5 Å². The molecule has 5 nitrogen and oxygen atoms in total. The van der Waals surface area contributed by atoms with Crippen molar-refractivity contribution in [2.24, 2.45) is 5.92 Å². The molecule has 0 atom stereocenters. The Kier molecular flexibility index (Phi) is 5.20. The van der Waals surface area contributed by atoms with Crippen molar-refractivity contribution in [3.8, 4) is 0 Å². The lowest BCUT2D eigenvalue weighted by Crippen LogP contribution is -2.33. The van der Waals surface area contributed by atoms with Crippen molar-refractivity contribution in [1.82, 2.24) is 4.72 Å². The molecule has 0 bridgehead atoms. The first kappa shape index (κ1) is 15.5. The largest absolute Gasteiger partial charge is 0.488 e. The number of benzene rings is 1. The van der Waals surface area contributed by atoms with Gasteiger partial charge in [0.2, 0.25) is 10.0 Å². The predicted octanol–water partition coefficient (Wildman–Crippen LogP) is 0.225. The van der Waals surface area contributed by atoms with Crippen LogP contribution in [0.25, 0.3) is 0 Å².